The monoisotopic (exact) mass is 303 g/mol. The maximum Gasteiger partial charge on any atom is 0.245 e. The van der Waals surface area contributed by atoms with Gasteiger partial charge in [0.25, 0.3) is 0 Å². The van der Waals surface area contributed by atoms with Crippen molar-refractivity contribution >= 4 is 21.7 Å². The van der Waals surface area contributed by atoms with E-state index in [0.717, 1.165) is 6.42 Å². The number of hydrogen-bond acceptors (Lipinski definition) is 5. The zero-order valence-electron chi connectivity index (χ0n) is 11.7. The highest BCUT2D eigenvalue weighted by Crippen LogP contribution is 2.16. The van der Waals surface area contributed by atoms with Gasteiger partial charge in [-0.15, -0.1) is 0 Å². The molecule has 0 aliphatic rings. The van der Waals surface area contributed by atoms with Crippen LogP contribution < -0.4 is 15.8 Å². The smallest absolute Gasteiger partial charge is 0.245 e. The summed E-state index contributed by atoms with van der Waals surface area (Å²) < 4.78 is 27.9. The molecule has 0 saturated heterocycles. The summed E-state index contributed by atoms with van der Waals surface area (Å²) in [5.74, 6) is -0.242. The van der Waals surface area contributed by atoms with Crippen LogP contribution in [-0.2, 0) is 21.4 Å². The van der Waals surface area contributed by atoms with Gasteiger partial charge in [-0.1, -0.05) is 6.92 Å². The van der Waals surface area contributed by atoms with E-state index in [1.807, 2.05) is 6.92 Å². The first-order valence-corrected chi connectivity index (χ1v) is 7.98. The van der Waals surface area contributed by atoms with Gasteiger partial charge in [-0.3, -0.25) is 9.48 Å². The Morgan fingerprint density at radius 3 is 2.75 bits per heavy atom. The lowest BCUT2D eigenvalue weighted by atomic mass is 10.4. The van der Waals surface area contributed by atoms with Gasteiger partial charge in [0.05, 0.1) is 0 Å². The van der Waals surface area contributed by atoms with Gasteiger partial charge in [0.15, 0.2) is 5.82 Å². The Kier molecular flexibility index (Phi) is 5.96. The maximum atomic E-state index is 12.0. The fourth-order valence-electron chi connectivity index (χ4n) is 1.63. The Morgan fingerprint density at radius 2 is 2.15 bits per heavy atom. The summed E-state index contributed by atoms with van der Waals surface area (Å²) in [6.45, 7) is 4.88. The molecule has 0 spiro atoms. The number of carbonyl (C=O) groups is 1. The third-order valence-corrected chi connectivity index (χ3v) is 3.99. The van der Waals surface area contributed by atoms with Crippen LogP contribution in [0.5, 0.6) is 0 Å². The first-order valence-electron chi connectivity index (χ1n) is 6.50. The molecule has 20 heavy (non-hydrogen) atoms. The molecule has 0 aromatic carbocycles. The van der Waals surface area contributed by atoms with Crippen molar-refractivity contribution in [1.29, 1.82) is 0 Å². The van der Waals surface area contributed by atoms with Gasteiger partial charge in [0, 0.05) is 32.3 Å². The highest BCUT2D eigenvalue weighted by Gasteiger charge is 2.20. The van der Waals surface area contributed by atoms with Crippen LogP contribution in [0.3, 0.4) is 0 Å². The normalized spacial score (nSPS) is 11.5. The first kappa shape index (κ1) is 16.4. The van der Waals surface area contributed by atoms with Crippen molar-refractivity contribution in [2.24, 2.45) is 0 Å². The Hall–Kier alpha value is -1.61. The molecule has 1 amide bonds. The Bertz CT molecular complexity index is 552. The molecule has 4 N–H and O–H groups in total. The topological polar surface area (TPSA) is 119 Å². The predicted molar refractivity (Wildman–Crippen MR) is 75.4 cm³/mol. The van der Waals surface area contributed by atoms with E-state index in [0.29, 0.717) is 13.1 Å². The molecule has 1 rings (SSSR count). The fourth-order valence-corrected chi connectivity index (χ4v) is 2.73. The molecule has 0 atom stereocenters. The number of anilines is 1. The maximum absolute atomic E-state index is 12.0. The summed E-state index contributed by atoms with van der Waals surface area (Å²) >= 11 is 0. The van der Waals surface area contributed by atoms with Gasteiger partial charge in [0.1, 0.15) is 4.90 Å². The minimum Gasteiger partial charge on any atom is -0.381 e. The highest BCUT2D eigenvalue weighted by molar-refractivity contribution is 7.89. The lowest BCUT2D eigenvalue weighted by molar-refractivity contribution is -0.120. The van der Waals surface area contributed by atoms with Gasteiger partial charge in [-0.2, -0.15) is 5.10 Å². The molecule has 0 aliphatic heterocycles. The molecule has 114 valence electrons. The van der Waals surface area contributed by atoms with Crippen molar-refractivity contribution < 1.29 is 13.2 Å². The molecule has 9 heteroatoms. The number of rotatable bonds is 8. The number of nitrogens with zero attached hydrogens (tertiary/aromatic N) is 2. The highest BCUT2D eigenvalue weighted by atomic mass is 32.2. The summed E-state index contributed by atoms with van der Waals surface area (Å²) in [7, 11) is -3.74. The second-order valence-electron chi connectivity index (χ2n) is 4.24. The van der Waals surface area contributed by atoms with Gasteiger partial charge in [-0.05, 0) is 13.3 Å². The van der Waals surface area contributed by atoms with Crippen LogP contribution in [0.15, 0.2) is 11.1 Å². The third kappa shape index (κ3) is 4.49. The summed E-state index contributed by atoms with van der Waals surface area (Å²) in [5, 5.41) is 6.52. The van der Waals surface area contributed by atoms with Gasteiger partial charge in [0.2, 0.25) is 15.9 Å². The number of nitrogens with two attached hydrogens (primary N) is 1. The summed E-state index contributed by atoms with van der Waals surface area (Å²) in [6.07, 6.45) is 2.30. The van der Waals surface area contributed by atoms with Crippen molar-refractivity contribution in [2.75, 3.05) is 18.8 Å². The lowest BCUT2D eigenvalue weighted by Crippen LogP contribution is -2.30. The fraction of sp³-hybridized carbons (Fsp3) is 0.636. The standard InChI is InChI=1S/C11H21N5O3S/c1-3-7-16-8-9(11(12)15-16)20(18,19)14-6-5-10(17)13-4-2/h8,14H,3-7H2,1-2H3,(H2,12,15)(H,13,17). The number of nitrogens with one attached hydrogen (secondary N) is 2. The molecule has 1 aromatic rings. The Labute approximate surface area is 118 Å². The minimum atomic E-state index is -3.74. The van der Waals surface area contributed by atoms with E-state index >= 15 is 0 Å². The van der Waals surface area contributed by atoms with Gasteiger partial charge >= 0.3 is 0 Å². The zero-order valence-corrected chi connectivity index (χ0v) is 12.5. The number of aromatic nitrogens is 2. The van der Waals surface area contributed by atoms with Crippen LogP contribution >= 0.6 is 0 Å². The Balaban J connectivity index is 2.66. The third-order valence-electron chi connectivity index (χ3n) is 2.52. The van der Waals surface area contributed by atoms with Gasteiger partial charge in [-0.25, -0.2) is 13.1 Å². The van der Waals surface area contributed by atoms with Crippen LogP contribution in [0.25, 0.3) is 0 Å². The minimum absolute atomic E-state index is 0.0204. The van der Waals surface area contributed by atoms with Crippen molar-refractivity contribution in [3.05, 3.63) is 6.20 Å². The van der Waals surface area contributed by atoms with Gasteiger partial charge < -0.3 is 11.1 Å². The van der Waals surface area contributed by atoms with Crippen LogP contribution in [0.4, 0.5) is 5.82 Å². The van der Waals surface area contributed by atoms with E-state index in [1.165, 1.54) is 10.9 Å². The van der Waals surface area contributed by atoms with E-state index in [2.05, 4.69) is 15.1 Å². The molecule has 8 nitrogen and oxygen atoms in total. The number of sulfonamides is 1. The predicted octanol–water partition coefficient (Wildman–Crippen LogP) is -0.320. The van der Waals surface area contributed by atoms with Crippen LogP contribution in [-0.4, -0.2) is 37.2 Å². The molecule has 1 aromatic heterocycles. The van der Waals surface area contributed by atoms with E-state index in [-0.39, 0.29) is 29.6 Å². The van der Waals surface area contributed by atoms with Crippen molar-refractivity contribution in [2.45, 2.75) is 38.1 Å². The quantitative estimate of drug-likeness (QED) is 0.608. The zero-order chi connectivity index (χ0) is 15.2. The number of aryl methyl sites for hydroxylation is 1. The average molecular weight is 303 g/mol. The van der Waals surface area contributed by atoms with Crippen molar-refractivity contribution in [3.63, 3.8) is 0 Å². The molecule has 1 heterocycles. The molecular formula is C11H21N5O3S. The second-order valence-corrected chi connectivity index (χ2v) is 5.98. The number of hydrogen-bond donors (Lipinski definition) is 3. The average Bonchev–Trinajstić information content (AvgIpc) is 2.72. The van der Waals surface area contributed by atoms with Crippen molar-refractivity contribution in [3.8, 4) is 0 Å². The largest absolute Gasteiger partial charge is 0.381 e. The van der Waals surface area contributed by atoms with E-state index in [1.54, 1.807) is 6.92 Å². The van der Waals surface area contributed by atoms with E-state index < -0.39 is 10.0 Å². The number of carbonyl (C=O) groups excluding carboxylic acids is 1. The van der Waals surface area contributed by atoms with Crippen LogP contribution in [0.1, 0.15) is 26.7 Å². The number of amides is 1. The molecule has 0 aliphatic carbocycles. The molecular weight excluding hydrogens is 282 g/mol. The van der Waals surface area contributed by atoms with E-state index in [9.17, 15) is 13.2 Å². The van der Waals surface area contributed by atoms with Crippen LogP contribution in [0.2, 0.25) is 0 Å². The molecule has 0 fully saturated rings. The van der Waals surface area contributed by atoms with Crippen LogP contribution in [0, 0.1) is 0 Å². The molecule has 0 saturated carbocycles. The SMILES string of the molecule is CCCn1cc(S(=O)(=O)NCCC(=O)NCC)c(N)n1. The molecule has 0 unspecified atom stereocenters. The Morgan fingerprint density at radius 1 is 1.45 bits per heavy atom. The molecule has 0 radical (unpaired) electrons. The second kappa shape index (κ2) is 7.25. The van der Waals surface area contributed by atoms with Crippen molar-refractivity contribution in [1.82, 2.24) is 19.8 Å². The summed E-state index contributed by atoms with van der Waals surface area (Å²) in [4.78, 5) is 11.2. The molecule has 0 bridgehead atoms. The number of nitrogen functional groups attached to an aromatic ring is 1. The summed E-state index contributed by atoms with van der Waals surface area (Å²) in [5.41, 5.74) is 5.61. The van der Waals surface area contributed by atoms with E-state index in [4.69, 9.17) is 5.73 Å². The summed E-state index contributed by atoms with van der Waals surface area (Å²) in [6, 6.07) is 0. The lowest BCUT2D eigenvalue weighted by Gasteiger charge is -2.05. The first-order chi connectivity index (χ1) is 9.40.